The van der Waals surface area contributed by atoms with Crippen LogP contribution in [0.3, 0.4) is 0 Å². The molecule has 1 amide bonds. The van der Waals surface area contributed by atoms with Crippen molar-refractivity contribution in [1.82, 2.24) is 5.32 Å². The molecule has 0 radical (unpaired) electrons. The molecule has 4 atom stereocenters. The average Bonchev–Trinajstić information content (AvgIpc) is 2.32. The standard InChI is InChI=1S/C13H26N2O2S/c1-3-5-10-6-7-11(14)12(8-10)18(17)9-13(16)15-4-2/h10-12H,3-9,14H2,1-2H3,(H,15,16). The van der Waals surface area contributed by atoms with Crippen LogP contribution in [-0.2, 0) is 15.6 Å². The summed E-state index contributed by atoms with van der Waals surface area (Å²) in [6, 6.07) is -0.00614. The molecular formula is C13H26N2O2S. The summed E-state index contributed by atoms with van der Waals surface area (Å²) in [5.41, 5.74) is 6.06. The predicted octanol–water partition coefficient (Wildman–Crippen LogP) is 1.17. The number of carbonyl (C=O) groups is 1. The molecule has 1 fully saturated rings. The van der Waals surface area contributed by atoms with Crippen LogP contribution in [0.15, 0.2) is 0 Å². The number of nitrogens with two attached hydrogens (primary N) is 1. The maximum Gasteiger partial charge on any atom is 0.232 e. The maximum atomic E-state index is 12.2. The highest BCUT2D eigenvalue weighted by Gasteiger charge is 2.32. The topological polar surface area (TPSA) is 72.2 Å². The molecule has 0 heterocycles. The quantitative estimate of drug-likeness (QED) is 0.763. The minimum Gasteiger partial charge on any atom is -0.356 e. The Kier molecular flexibility index (Phi) is 6.86. The van der Waals surface area contributed by atoms with Gasteiger partial charge in [-0.2, -0.15) is 0 Å². The van der Waals surface area contributed by atoms with Crippen molar-refractivity contribution in [1.29, 1.82) is 0 Å². The van der Waals surface area contributed by atoms with Crippen LogP contribution in [0.4, 0.5) is 0 Å². The highest BCUT2D eigenvalue weighted by atomic mass is 32.2. The molecule has 106 valence electrons. The van der Waals surface area contributed by atoms with Crippen molar-refractivity contribution in [3.05, 3.63) is 0 Å². The number of nitrogens with one attached hydrogen (secondary N) is 1. The Morgan fingerprint density at radius 3 is 2.72 bits per heavy atom. The fourth-order valence-corrected chi connectivity index (χ4v) is 4.28. The van der Waals surface area contributed by atoms with Crippen LogP contribution in [0.1, 0.15) is 46.0 Å². The molecule has 18 heavy (non-hydrogen) atoms. The Morgan fingerprint density at radius 1 is 1.39 bits per heavy atom. The molecule has 1 rings (SSSR count). The molecule has 0 saturated heterocycles. The van der Waals surface area contributed by atoms with Crippen LogP contribution < -0.4 is 11.1 Å². The Hall–Kier alpha value is -0.420. The molecule has 3 N–H and O–H groups in total. The third-order valence-corrected chi connectivity index (χ3v) is 5.40. The molecule has 0 aromatic heterocycles. The molecule has 4 unspecified atom stereocenters. The first-order valence-corrected chi connectivity index (χ1v) is 8.36. The van der Waals surface area contributed by atoms with E-state index in [2.05, 4.69) is 12.2 Å². The SMILES string of the molecule is CCCC1CCC(N)C(S(=O)CC(=O)NCC)C1. The predicted molar refractivity (Wildman–Crippen MR) is 75.7 cm³/mol. The monoisotopic (exact) mass is 274 g/mol. The van der Waals surface area contributed by atoms with Gasteiger partial charge in [0.2, 0.25) is 5.91 Å². The van der Waals surface area contributed by atoms with Crippen LogP contribution in [0, 0.1) is 5.92 Å². The van der Waals surface area contributed by atoms with E-state index < -0.39 is 10.8 Å². The van der Waals surface area contributed by atoms with E-state index in [-0.39, 0.29) is 23.0 Å². The van der Waals surface area contributed by atoms with E-state index in [9.17, 15) is 9.00 Å². The van der Waals surface area contributed by atoms with Gasteiger partial charge in [-0.15, -0.1) is 0 Å². The van der Waals surface area contributed by atoms with E-state index >= 15 is 0 Å². The van der Waals surface area contributed by atoms with Crippen molar-refractivity contribution in [3.63, 3.8) is 0 Å². The second-order valence-electron chi connectivity index (χ2n) is 5.15. The number of hydrogen-bond acceptors (Lipinski definition) is 3. The molecule has 1 aliphatic rings. The molecule has 0 aromatic carbocycles. The Balaban J connectivity index is 2.50. The summed E-state index contributed by atoms with van der Waals surface area (Å²) in [5.74, 6) is 0.615. The Labute approximate surface area is 113 Å². The fraction of sp³-hybridized carbons (Fsp3) is 0.923. The second-order valence-corrected chi connectivity index (χ2v) is 6.80. The minimum atomic E-state index is -1.13. The van der Waals surface area contributed by atoms with Crippen molar-refractivity contribution in [2.45, 2.75) is 57.2 Å². The first-order chi connectivity index (χ1) is 8.58. The van der Waals surface area contributed by atoms with Gasteiger partial charge in [-0.25, -0.2) is 0 Å². The van der Waals surface area contributed by atoms with Crippen molar-refractivity contribution < 1.29 is 9.00 Å². The summed E-state index contributed by atoms with van der Waals surface area (Å²) in [5, 5.41) is 2.69. The van der Waals surface area contributed by atoms with Gasteiger partial charge in [-0.3, -0.25) is 9.00 Å². The van der Waals surface area contributed by atoms with Gasteiger partial charge in [-0.1, -0.05) is 19.8 Å². The van der Waals surface area contributed by atoms with Crippen LogP contribution in [0.25, 0.3) is 0 Å². The first-order valence-electron chi connectivity index (χ1n) is 6.97. The lowest BCUT2D eigenvalue weighted by Gasteiger charge is -2.33. The maximum absolute atomic E-state index is 12.2. The largest absolute Gasteiger partial charge is 0.356 e. The number of carbonyl (C=O) groups excluding carboxylic acids is 1. The smallest absolute Gasteiger partial charge is 0.232 e. The molecular weight excluding hydrogens is 248 g/mol. The van der Waals surface area contributed by atoms with E-state index in [1.165, 1.54) is 6.42 Å². The fourth-order valence-electron chi connectivity index (χ4n) is 2.69. The first kappa shape index (κ1) is 15.6. The van der Waals surface area contributed by atoms with Gasteiger partial charge in [0.25, 0.3) is 0 Å². The van der Waals surface area contributed by atoms with Crippen LogP contribution in [0.5, 0.6) is 0 Å². The number of hydrogen-bond donors (Lipinski definition) is 2. The third kappa shape index (κ3) is 4.69. The molecule has 0 aliphatic heterocycles. The lowest BCUT2D eigenvalue weighted by molar-refractivity contribution is -0.118. The summed E-state index contributed by atoms with van der Waals surface area (Å²) in [4.78, 5) is 11.5. The minimum absolute atomic E-state index is 0.00194. The van der Waals surface area contributed by atoms with Crippen LogP contribution >= 0.6 is 0 Å². The van der Waals surface area contributed by atoms with Crippen LogP contribution in [0.2, 0.25) is 0 Å². The van der Waals surface area contributed by atoms with Gasteiger partial charge >= 0.3 is 0 Å². The zero-order valence-electron chi connectivity index (χ0n) is 11.5. The van der Waals surface area contributed by atoms with E-state index in [1.54, 1.807) is 0 Å². The molecule has 4 nitrogen and oxygen atoms in total. The highest BCUT2D eigenvalue weighted by Crippen LogP contribution is 2.30. The lowest BCUT2D eigenvalue weighted by atomic mass is 9.83. The lowest BCUT2D eigenvalue weighted by Crippen LogP contribution is -2.45. The summed E-state index contributed by atoms with van der Waals surface area (Å²) in [7, 11) is -1.13. The normalized spacial score (nSPS) is 29.8. The zero-order chi connectivity index (χ0) is 13.5. The van der Waals surface area contributed by atoms with Gasteiger partial charge in [0.15, 0.2) is 0 Å². The van der Waals surface area contributed by atoms with E-state index in [1.807, 2.05) is 6.92 Å². The molecule has 1 saturated carbocycles. The molecule has 0 spiro atoms. The van der Waals surface area contributed by atoms with Crippen molar-refractivity contribution in [2.75, 3.05) is 12.3 Å². The van der Waals surface area contributed by atoms with Crippen molar-refractivity contribution >= 4 is 16.7 Å². The van der Waals surface area contributed by atoms with E-state index in [4.69, 9.17) is 5.73 Å². The number of rotatable bonds is 6. The molecule has 1 aliphatic carbocycles. The van der Waals surface area contributed by atoms with Gasteiger partial charge < -0.3 is 11.1 Å². The van der Waals surface area contributed by atoms with E-state index in [0.29, 0.717) is 12.5 Å². The summed E-state index contributed by atoms with van der Waals surface area (Å²) in [6.45, 7) is 4.63. The second kappa shape index (κ2) is 7.89. The van der Waals surface area contributed by atoms with E-state index in [0.717, 1.165) is 25.7 Å². The van der Waals surface area contributed by atoms with Gasteiger partial charge in [0.1, 0.15) is 5.75 Å². The Morgan fingerprint density at radius 2 is 2.11 bits per heavy atom. The average molecular weight is 274 g/mol. The van der Waals surface area contributed by atoms with Gasteiger partial charge in [0, 0.05) is 23.4 Å². The number of amides is 1. The molecule has 5 heteroatoms. The zero-order valence-corrected chi connectivity index (χ0v) is 12.3. The molecule has 0 bridgehead atoms. The van der Waals surface area contributed by atoms with Gasteiger partial charge in [-0.05, 0) is 32.1 Å². The third-order valence-electron chi connectivity index (χ3n) is 3.63. The summed E-state index contributed by atoms with van der Waals surface area (Å²) in [6.07, 6.45) is 5.35. The van der Waals surface area contributed by atoms with Crippen LogP contribution in [-0.4, -0.2) is 33.7 Å². The molecule has 0 aromatic rings. The summed E-state index contributed by atoms with van der Waals surface area (Å²) >= 11 is 0. The highest BCUT2D eigenvalue weighted by molar-refractivity contribution is 7.86. The summed E-state index contributed by atoms with van der Waals surface area (Å²) < 4.78 is 12.2. The Bertz CT molecular complexity index is 297. The van der Waals surface area contributed by atoms with Gasteiger partial charge in [0.05, 0.1) is 5.25 Å². The van der Waals surface area contributed by atoms with Crippen molar-refractivity contribution in [3.8, 4) is 0 Å². The van der Waals surface area contributed by atoms with Crippen molar-refractivity contribution in [2.24, 2.45) is 11.7 Å².